The highest BCUT2D eigenvalue weighted by molar-refractivity contribution is 6.12. The molecular weight excluding hydrogens is 300 g/mol. The van der Waals surface area contributed by atoms with Crippen LogP contribution in [-0.4, -0.2) is 36.6 Å². The summed E-state index contributed by atoms with van der Waals surface area (Å²) in [5, 5.41) is 1.17. The maximum Gasteiger partial charge on any atom is 0.337 e. The lowest BCUT2D eigenvalue weighted by molar-refractivity contribution is -0.152. The van der Waals surface area contributed by atoms with E-state index in [4.69, 9.17) is 4.74 Å². The van der Waals surface area contributed by atoms with Crippen LogP contribution in [0.15, 0.2) is 41.6 Å². The minimum Gasteiger partial charge on any atom is -0.468 e. The number of hydrogen-bond acceptors (Lipinski definition) is 6. The third-order valence-electron chi connectivity index (χ3n) is 3.43. The predicted molar refractivity (Wildman–Crippen MR) is 81.7 cm³/mol. The van der Waals surface area contributed by atoms with Crippen LogP contribution >= 0.6 is 0 Å². The summed E-state index contributed by atoms with van der Waals surface area (Å²) in [6.45, 7) is 3.37. The lowest BCUT2D eigenvalue weighted by atomic mass is 10.0. The Morgan fingerprint density at radius 1 is 1.26 bits per heavy atom. The van der Waals surface area contributed by atoms with E-state index in [9.17, 15) is 14.4 Å². The molecule has 1 aromatic carbocycles. The molecule has 7 heteroatoms. The quantitative estimate of drug-likeness (QED) is 0.654. The highest BCUT2D eigenvalue weighted by Gasteiger charge is 2.47. The lowest BCUT2D eigenvalue weighted by Gasteiger charge is -2.20. The summed E-state index contributed by atoms with van der Waals surface area (Å²) >= 11 is 0. The number of hydrazine groups is 1. The van der Waals surface area contributed by atoms with Crippen LogP contribution in [-0.2, 0) is 23.9 Å². The summed E-state index contributed by atoms with van der Waals surface area (Å²) in [6.07, 6.45) is 0. The number of carbonyl (C=O) groups excluding carboxylic acids is 3. The van der Waals surface area contributed by atoms with Gasteiger partial charge in [-0.05, 0) is 26.0 Å². The van der Waals surface area contributed by atoms with Gasteiger partial charge in [-0.25, -0.2) is 9.80 Å². The van der Waals surface area contributed by atoms with Crippen molar-refractivity contribution < 1.29 is 23.9 Å². The molecule has 1 N–H and O–H groups in total. The van der Waals surface area contributed by atoms with Crippen LogP contribution in [0.4, 0.5) is 5.69 Å². The van der Waals surface area contributed by atoms with E-state index in [1.165, 1.54) is 12.1 Å². The Morgan fingerprint density at radius 2 is 1.91 bits per heavy atom. The molecule has 0 fully saturated rings. The van der Waals surface area contributed by atoms with Crippen molar-refractivity contribution in [2.24, 2.45) is 5.92 Å². The normalized spacial score (nSPS) is 17.3. The van der Waals surface area contributed by atoms with Gasteiger partial charge < -0.3 is 9.47 Å². The number of ether oxygens (including phenoxy) is 2. The van der Waals surface area contributed by atoms with E-state index in [-0.39, 0.29) is 12.2 Å². The standard InChI is InChI=1S/C16H18N2O5/c1-4-23-16(21)12-10(2)18(14(19)13(12)15(20)22-3)17-11-8-6-5-7-9-11/h5-9,13,17H,4H2,1-3H3. The third kappa shape index (κ3) is 3.18. The molecule has 1 aromatic rings. The van der Waals surface area contributed by atoms with Crippen molar-refractivity contribution in [3.63, 3.8) is 0 Å². The fourth-order valence-electron chi connectivity index (χ4n) is 2.34. The molecule has 23 heavy (non-hydrogen) atoms. The van der Waals surface area contributed by atoms with Crippen molar-refractivity contribution in [2.45, 2.75) is 13.8 Å². The van der Waals surface area contributed by atoms with Crippen molar-refractivity contribution in [2.75, 3.05) is 19.1 Å². The second-order valence-electron chi connectivity index (χ2n) is 4.83. The van der Waals surface area contributed by atoms with E-state index >= 15 is 0 Å². The number of nitrogens with zero attached hydrogens (tertiary/aromatic N) is 1. The van der Waals surface area contributed by atoms with Gasteiger partial charge in [0.2, 0.25) is 0 Å². The molecule has 1 amide bonds. The van der Waals surface area contributed by atoms with Gasteiger partial charge >= 0.3 is 11.9 Å². The Labute approximate surface area is 133 Å². The van der Waals surface area contributed by atoms with E-state index in [1.54, 1.807) is 38.1 Å². The number of anilines is 1. The fourth-order valence-corrected chi connectivity index (χ4v) is 2.34. The van der Waals surface area contributed by atoms with E-state index < -0.39 is 23.8 Å². The predicted octanol–water partition coefficient (Wildman–Crippen LogP) is 1.48. The Kier molecular flexibility index (Phi) is 5.00. The van der Waals surface area contributed by atoms with Gasteiger partial charge in [-0.1, -0.05) is 18.2 Å². The number of carbonyl (C=O) groups is 3. The second kappa shape index (κ2) is 6.95. The van der Waals surface area contributed by atoms with Crippen LogP contribution in [0.5, 0.6) is 0 Å². The number of amides is 1. The van der Waals surface area contributed by atoms with E-state index in [0.717, 1.165) is 0 Å². The first-order valence-corrected chi connectivity index (χ1v) is 7.12. The summed E-state index contributed by atoms with van der Waals surface area (Å²) in [6, 6.07) is 8.95. The molecule has 0 bridgehead atoms. The average Bonchev–Trinajstić information content (AvgIpc) is 2.80. The third-order valence-corrected chi connectivity index (χ3v) is 3.43. The van der Waals surface area contributed by atoms with Gasteiger partial charge in [0, 0.05) is 0 Å². The van der Waals surface area contributed by atoms with Crippen LogP contribution in [0.1, 0.15) is 13.8 Å². The van der Waals surface area contributed by atoms with E-state index in [1.807, 2.05) is 6.07 Å². The minimum atomic E-state index is -1.32. The number of esters is 2. The Balaban J connectivity index is 2.38. The van der Waals surface area contributed by atoms with Crippen LogP contribution < -0.4 is 5.43 Å². The Hall–Kier alpha value is -2.83. The second-order valence-corrected chi connectivity index (χ2v) is 4.83. The molecule has 1 atom stereocenters. The molecule has 0 aliphatic carbocycles. The maximum atomic E-state index is 12.6. The van der Waals surface area contributed by atoms with Crippen molar-refractivity contribution in [1.29, 1.82) is 0 Å². The van der Waals surface area contributed by atoms with Crippen LogP contribution in [0.25, 0.3) is 0 Å². The summed E-state index contributed by atoms with van der Waals surface area (Å²) in [4.78, 5) is 36.6. The topological polar surface area (TPSA) is 84.9 Å². The highest BCUT2D eigenvalue weighted by atomic mass is 16.5. The van der Waals surface area contributed by atoms with Gasteiger partial charge in [-0.2, -0.15) is 0 Å². The SMILES string of the molecule is CCOC(=O)C1=C(C)N(Nc2ccccc2)C(=O)C1C(=O)OC. The number of rotatable bonds is 5. The number of benzene rings is 1. The van der Waals surface area contributed by atoms with Crippen molar-refractivity contribution in [3.8, 4) is 0 Å². The fraction of sp³-hybridized carbons (Fsp3) is 0.312. The zero-order valence-electron chi connectivity index (χ0n) is 13.2. The smallest absolute Gasteiger partial charge is 0.337 e. The average molecular weight is 318 g/mol. The van der Waals surface area contributed by atoms with Gasteiger partial charge in [0.1, 0.15) is 0 Å². The summed E-state index contributed by atoms with van der Waals surface area (Å²) in [5.41, 5.74) is 3.84. The minimum absolute atomic E-state index is 0.00729. The maximum absolute atomic E-state index is 12.6. The number of hydrogen-bond donors (Lipinski definition) is 1. The molecule has 0 radical (unpaired) electrons. The van der Waals surface area contributed by atoms with Crippen molar-refractivity contribution >= 4 is 23.5 Å². The molecule has 2 rings (SSSR count). The van der Waals surface area contributed by atoms with Gasteiger partial charge in [-0.3, -0.25) is 15.0 Å². The molecule has 0 saturated carbocycles. The summed E-state index contributed by atoms with van der Waals surface area (Å²) in [5.74, 6) is -3.41. The Morgan fingerprint density at radius 3 is 2.48 bits per heavy atom. The zero-order valence-corrected chi connectivity index (χ0v) is 13.2. The highest BCUT2D eigenvalue weighted by Crippen LogP contribution is 2.31. The summed E-state index contributed by atoms with van der Waals surface area (Å²) < 4.78 is 9.61. The molecule has 122 valence electrons. The number of nitrogens with one attached hydrogen (secondary N) is 1. The molecule has 0 aromatic heterocycles. The number of allylic oxidation sites excluding steroid dienone is 1. The molecule has 7 nitrogen and oxygen atoms in total. The van der Waals surface area contributed by atoms with Gasteiger partial charge in [-0.15, -0.1) is 0 Å². The van der Waals surface area contributed by atoms with Gasteiger partial charge in [0.25, 0.3) is 5.91 Å². The van der Waals surface area contributed by atoms with Crippen molar-refractivity contribution in [1.82, 2.24) is 5.01 Å². The van der Waals surface area contributed by atoms with Crippen LogP contribution in [0, 0.1) is 5.92 Å². The first-order chi connectivity index (χ1) is 11.0. The lowest BCUT2D eigenvalue weighted by Crippen LogP contribution is -2.36. The van der Waals surface area contributed by atoms with Crippen molar-refractivity contribution in [3.05, 3.63) is 41.6 Å². The summed E-state index contributed by atoms with van der Waals surface area (Å²) in [7, 11) is 1.17. The largest absolute Gasteiger partial charge is 0.468 e. The van der Waals surface area contributed by atoms with Gasteiger partial charge in [0.05, 0.1) is 30.7 Å². The molecule has 0 spiro atoms. The first-order valence-electron chi connectivity index (χ1n) is 7.12. The molecular formula is C16H18N2O5. The van der Waals surface area contributed by atoms with Crippen LogP contribution in [0.3, 0.4) is 0 Å². The molecule has 1 aliphatic heterocycles. The van der Waals surface area contributed by atoms with E-state index in [2.05, 4.69) is 10.2 Å². The molecule has 1 aliphatic rings. The number of methoxy groups -OCH3 is 1. The van der Waals surface area contributed by atoms with Crippen LogP contribution in [0.2, 0.25) is 0 Å². The molecule has 0 saturated heterocycles. The van der Waals surface area contributed by atoms with Gasteiger partial charge in [0.15, 0.2) is 5.92 Å². The zero-order chi connectivity index (χ0) is 17.0. The molecule has 1 heterocycles. The Bertz CT molecular complexity index is 654. The number of para-hydroxylation sites is 1. The monoisotopic (exact) mass is 318 g/mol. The molecule has 1 unspecified atom stereocenters. The first kappa shape index (κ1) is 16.5. The van der Waals surface area contributed by atoms with E-state index in [0.29, 0.717) is 11.4 Å².